The van der Waals surface area contributed by atoms with Gasteiger partial charge >= 0.3 is 5.97 Å². The van der Waals surface area contributed by atoms with Gasteiger partial charge in [-0.05, 0) is 82.2 Å². The Morgan fingerprint density at radius 1 is 1.13 bits per heavy atom. The summed E-state index contributed by atoms with van der Waals surface area (Å²) in [7, 11) is 0. The van der Waals surface area contributed by atoms with Crippen molar-refractivity contribution in [2.45, 2.75) is 51.6 Å². The quantitative estimate of drug-likeness (QED) is 0.360. The number of hydrogen-bond donors (Lipinski definition) is 2. The molecular formula is C28H32F3N5O2S. The van der Waals surface area contributed by atoms with Gasteiger partial charge in [-0.25, -0.2) is 9.37 Å². The van der Waals surface area contributed by atoms with E-state index in [0.29, 0.717) is 28.1 Å². The van der Waals surface area contributed by atoms with Crippen molar-refractivity contribution in [1.29, 1.82) is 0 Å². The molecule has 0 bridgehead atoms. The predicted octanol–water partition coefficient (Wildman–Crippen LogP) is 5.68. The van der Waals surface area contributed by atoms with Crippen molar-refractivity contribution >= 4 is 38.3 Å². The van der Waals surface area contributed by atoms with Crippen LogP contribution in [0.3, 0.4) is 0 Å². The Kier molecular flexibility index (Phi) is 6.69. The Hall–Kier alpha value is -2.92. The van der Waals surface area contributed by atoms with Crippen molar-refractivity contribution in [3.8, 4) is 0 Å². The molecule has 2 aliphatic heterocycles. The van der Waals surface area contributed by atoms with E-state index in [1.165, 1.54) is 29.9 Å². The van der Waals surface area contributed by atoms with E-state index in [9.17, 15) is 23.1 Å². The largest absolute Gasteiger partial charge is 0.481 e. The number of piperidine rings is 1. The third-order valence-corrected chi connectivity index (χ3v) is 10.1. The number of anilines is 2. The van der Waals surface area contributed by atoms with Crippen molar-refractivity contribution in [3.63, 3.8) is 0 Å². The fraction of sp³-hybridized carbons (Fsp3) is 0.536. The number of benzene rings is 1. The molecule has 39 heavy (non-hydrogen) atoms. The van der Waals surface area contributed by atoms with Gasteiger partial charge in [0.1, 0.15) is 5.82 Å². The van der Waals surface area contributed by atoms with E-state index >= 15 is 0 Å². The second-order valence-electron chi connectivity index (χ2n) is 11.6. The van der Waals surface area contributed by atoms with Gasteiger partial charge in [-0.15, -0.1) is 0 Å². The van der Waals surface area contributed by atoms with Crippen LogP contribution in [0.2, 0.25) is 0 Å². The Morgan fingerprint density at radius 2 is 1.90 bits per heavy atom. The second kappa shape index (κ2) is 9.92. The SMILES string of the molecule is C[C@@H](Nc1c(F)ccc2nc(N3CC([C@H]4CCCN(C5CC(C)(C(=O)O)C5)C4)C3)sc12)c1ccc(F)nc1F. The summed E-state index contributed by atoms with van der Waals surface area (Å²) in [4.78, 5) is 24.2. The van der Waals surface area contributed by atoms with E-state index in [2.05, 4.69) is 20.1 Å². The number of halogens is 3. The molecule has 11 heteroatoms. The van der Waals surface area contributed by atoms with Crippen LogP contribution >= 0.6 is 11.3 Å². The maximum absolute atomic E-state index is 14.9. The van der Waals surface area contributed by atoms with E-state index < -0.39 is 35.1 Å². The van der Waals surface area contributed by atoms with Gasteiger partial charge in [0.25, 0.3) is 0 Å². The molecular weight excluding hydrogens is 527 g/mol. The lowest BCUT2D eigenvalue weighted by atomic mass is 9.65. The number of nitrogens with one attached hydrogen (secondary N) is 1. The predicted molar refractivity (Wildman–Crippen MR) is 145 cm³/mol. The molecule has 208 valence electrons. The molecule has 2 N–H and O–H groups in total. The second-order valence-corrected chi connectivity index (χ2v) is 12.6. The van der Waals surface area contributed by atoms with Gasteiger partial charge in [0.15, 0.2) is 5.13 Å². The van der Waals surface area contributed by atoms with Crippen LogP contribution in [0.15, 0.2) is 24.3 Å². The molecule has 1 aliphatic carbocycles. The molecule has 3 aliphatic rings. The highest BCUT2D eigenvalue weighted by Crippen LogP contribution is 2.46. The number of thiazole rings is 1. The number of carbonyl (C=O) groups is 1. The fourth-order valence-corrected chi connectivity index (χ4v) is 7.48. The van der Waals surface area contributed by atoms with Crippen molar-refractivity contribution in [3.05, 3.63) is 47.5 Å². The highest BCUT2D eigenvalue weighted by Gasteiger charge is 2.49. The summed E-state index contributed by atoms with van der Waals surface area (Å²) < 4.78 is 43.0. The van der Waals surface area contributed by atoms with Gasteiger partial charge < -0.3 is 20.2 Å². The number of hydrogen-bond acceptors (Lipinski definition) is 7. The van der Waals surface area contributed by atoms with E-state index in [-0.39, 0.29) is 11.3 Å². The first-order valence-corrected chi connectivity index (χ1v) is 14.3. The first kappa shape index (κ1) is 26.3. The number of aliphatic carboxylic acids is 1. The van der Waals surface area contributed by atoms with Crippen LogP contribution < -0.4 is 10.2 Å². The fourth-order valence-electron chi connectivity index (χ4n) is 6.40. The zero-order valence-corrected chi connectivity index (χ0v) is 22.8. The van der Waals surface area contributed by atoms with Gasteiger partial charge in [-0.2, -0.15) is 13.8 Å². The number of rotatable bonds is 7. The molecule has 1 aromatic carbocycles. The number of fused-ring (bicyclic) bond motifs is 1. The number of nitrogens with zero attached hydrogens (tertiary/aromatic N) is 4. The maximum Gasteiger partial charge on any atom is 0.309 e. The van der Waals surface area contributed by atoms with Crippen LogP contribution in [0.5, 0.6) is 0 Å². The number of carboxylic acid groups (broad SMARTS) is 1. The maximum atomic E-state index is 14.9. The van der Waals surface area contributed by atoms with Crippen molar-refractivity contribution in [1.82, 2.24) is 14.9 Å². The molecule has 6 rings (SSSR count). The van der Waals surface area contributed by atoms with Crippen LogP contribution in [0.1, 0.15) is 51.1 Å². The van der Waals surface area contributed by atoms with E-state index in [1.54, 1.807) is 13.0 Å². The molecule has 3 aromatic rings. The summed E-state index contributed by atoms with van der Waals surface area (Å²) >= 11 is 1.41. The molecule has 2 aromatic heterocycles. The minimum Gasteiger partial charge on any atom is -0.481 e. The molecule has 0 amide bonds. The topological polar surface area (TPSA) is 81.6 Å². The number of carboxylic acids is 1. The summed E-state index contributed by atoms with van der Waals surface area (Å²) in [5, 5.41) is 13.3. The summed E-state index contributed by atoms with van der Waals surface area (Å²) in [6.07, 6.45) is 3.78. The zero-order valence-electron chi connectivity index (χ0n) is 22.0. The Balaban J connectivity index is 1.11. The summed E-state index contributed by atoms with van der Waals surface area (Å²) in [6, 6.07) is 5.15. The molecule has 2 saturated heterocycles. The molecule has 0 unspecified atom stereocenters. The standard InChI is InChI=1S/C28H32F3N5O2S/c1-15(19-5-8-22(30)34-25(19)31)32-23-20(29)6-7-21-24(23)39-27(33-21)36-13-17(14-36)16-4-3-9-35(12-16)18-10-28(2,11-18)26(37)38/h5-8,15-18,32H,3-4,9-14H2,1-2H3,(H,37,38)/t15-,16+,18?,28?/m1/s1. The van der Waals surface area contributed by atoms with Crippen LogP contribution in [0.25, 0.3) is 10.2 Å². The van der Waals surface area contributed by atoms with E-state index in [4.69, 9.17) is 4.98 Å². The Morgan fingerprint density at radius 3 is 2.62 bits per heavy atom. The molecule has 3 fully saturated rings. The van der Waals surface area contributed by atoms with E-state index in [1.807, 2.05) is 6.92 Å². The van der Waals surface area contributed by atoms with Crippen LogP contribution in [-0.4, -0.2) is 58.2 Å². The number of likely N-dealkylation sites (tertiary alicyclic amines) is 1. The normalized spacial score (nSPS) is 26.7. The van der Waals surface area contributed by atoms with E-state index in [0.717, 1.165) is 56.6 Å². The van der Waals surface area contributed by atoms with Gasteiger partial charge in [0, 0.05) is 31.2 Å². The molecule has 1 saturated carbocycles. The minimum absolute atomic E-state index is 0.152. The molecule has 0 spiro atoms. The van der Waals surface area contributed by atoms with Gasteiger partial charge in [0.05, 0.1) is 27.4 Å². The van der Waals surface area contributed by atoms with Crippen LogP contribution in [-0.2, 0) is 4.79 Å². The smallest absolute Gasteiger partial charge is 0.309 e. The third kappa shape index (κ3) is 4.84. The molecule has 7 nitrogen and oxygen atoms in total. The van der Waals surface area contributed by atoms with Crippen LogP contribution in [0, 0.1) is 35.0 Å². The minimum atomic E-state index is -0.923. The van der Waals surface area contributed by atoms with Gasteiger partial charge in [-0.3, -0.25) is 4.79 Å². The Labute approximate surface area is 229 Å². The van der Waals surface area contributed by atoms with Gasteiger partial charge in [0.2, 0.25) is 11.9 Å². The first-order chi connectivity index (χ1) is 18.6. The highest BCUT2D eigenvalue weighted by atomic mass is 32.1. The molecule has 2 atom stereocenters. The Bertz CT molecular complexity index is 1410. The number of aromatic nitrogens is 2. The summed E-state index contributed by atoms with van der Waals surface area (Å²) in [5.41, 5.74) is 0.496. The van der Waals surface area contributed by atoms with Crippen LogP contribution in [0.4, 0.5) is 24.0 Å². The summed E-state index contributed by atoms with van der Waals surface area (Å²) in [5.74, 6) is -1.84. The lowest BCUT2D eigenvalue weighted by molar-refractivity contribution is -0.158. The molecule has 4 heterocycles. The number of pyridine rings is 1. The van der Waals surface area contributed by atoms with Gasteiger partial charge in [-0.1, -0.05) is 11.3 Å². The third-order valence-electron chi connectivity index (χ3n) is 8.91. The van der Waals surface area contributed by atoms with Crippen molar-refractivity contribution in [2.24, 2.45) is 17.3 Å². The lowest BCUT2D eigenvalue weighted by Gasteiger charge is -2.52. The first-order valence-electron chi connectivity index (χ1n) is 13.5. The summed E-state index contributed by atoms with van der Waals surface area (Å²) in [6.45, 7) is 7.37. The van der Waals surface area contributed by atoms with Crippen molar-refractivity contribution in [2.75, 3.05) is 36.4 Å². The highest BCUT2D eigenvalue weighted by molar-refractivity contribution is 7.22. The average Bonchev–Trinajstić information content (AvgIpc) is 3.27. The zero-order chi connectivity index (χ0) is 27.5. The van der Waals surface area contributed by atoms with Crippen molar-refractivity contribution < 1.29 is 23.1 Å². The monoisotopic (exact) mass is 559 g/mol. The lowest BCUT2D eigenvalue weighted by Crippen LogP contribution is -2.58. The average molecular weight is 560 g/mol. The molecule has 0 radical (unpaired) electrons.